The maximum atomic E-state index is 12.9. The molecule has 1 spiro atoms. The molecular formula is C20H19NO3. The van der Waals surface area contributed by atoms with Crippen molar-refractivity contribution in [3.63, 3.8) is 0 Å². The van der Waals surface area contributed by atoms with Crippen molar-refractivity contribution in [2.75, 3.05) is 0 Å². The first kappa shape index (κ1) is 14.9. The molecule has 2 atom stereocenters. The Morgan fingerprint density at radius 3 is 2.58 bits per heavy atom. The van der Waals surface area contributed by atoms with E-state index in [9.17, 15) is 4.79 Å². The average molecular weight is 321 g/mol. The minimum atomic E-state index is -0.924. The summed E-state index contributed by atoms with van der Waals surface area (Å²) in [5, 5.41) is 0. The van der Waals surface area contributed by atoms with E-state index in [1.807, 2.05) is 42.5 Å². The number of furan rings is 1. The second-order valence-corrected chi connectivity index (χ2v) is 6.61. The number of carbonyl (C=O) groups is 1. The van der Waals surface area contributed by atoms with Gasteiger partial charge in [-0.3, -0.25) is 0 Å². The largest absolute Gasteiger partial charge is 0.469 e. The van der Waals surface area contributed by atoms with E-state index in [1.54, 1.807) is 6.26 Å². The number of carbonyl (C=O) groups excluding carboxylic acids is 1. The number of cyclic esters (lactones) is 1. The first-order chi connectivity index (χ1) is 11.6. The number of benzene rings is 1. The number of aliphatic imine (C=N–C) groups is 1. The molecule has 122 valence electrons. The van der Waals surface area contributed by atoms with Crippen molar-refractivity contribution in [2.45, 2.75) is 38.1 Å². The molecule has 24 heavy (non-hydrogen) atoms. The molecule has 4 heteroatoms. The fourth-order valence-electron chi connectivity index (χ4n) is 3.62. The standard InChI is InChI=1S/C20H19NO3/c1-13-11-16(17-9-6-10-23-17)20(12-14(13)2)19(22)24-18(21-20)15-7-4-3-5-8-15/h3-10,16H,11-12H2,1-2H3/t16-,20-/m1/s1. The zero-order chi connectivity index (χ0) is 16.7. The average Bonchev–Trinajstić information content (AvgIpc) is 3.22. The second kappa shape index (κ2) is 5.48. The maximum Gasteiger partial charge on any atom is 0.342 e. The summed E-state index contributed by atoms with van der Waals surface area (Å²) in [5.74, 6) is 0.779. The van der Waals surface area contributed by atoms with Gasteiger partial charge in [-0.1, -0.05) is 29.3 Å². The summed E-state index contributed by atoms with van der Waals surface area (Å²) in [6.07, 6.45) is 2.96. The van der Waals surface area contributed by atoms with E-state index in [4.69, 9.17) is 14.1 Å². The first-order valence-corrected chi connectivity index (χ1v) is 8.16. The molecule has 1 aliphatic carbocycles. The van der Waals surface area contributed by atoms with Crippen LogP contribution in [0.2, 0.25) is 0 Å². The van der Waals surface area contributed by atoms with Crippen LogP contribution in [0.5, 0.6) is 0 Å². The van der Waals surface area contributed by atoms with E-state index in [0.29, 0.717) is 12.3 Å². The van der Waals surface area contributed by atoms with Crippen LogP contribution in [-0.2, 0) is 9.53 Å². The van der Waals surface area contributed by atoms with Crippen molar-refractivity contribution in [2.24, 2.45) is 4.99 Å². The molecule has 2 aliphatic rings. The number of esters is 1. The van der Waals surface area contributed by atoms with Gasteiger partial charge in [0, 0.05) is 12.0 Å². The van der Waals surface area contributed by atoms with Crippen LogP contribution in [0.3, 0.4) is 0 Å². The van der Waals surface area contributed by atoms with E-state index >= 15 is 0 Å². The van der Waals surface area contributed by atoms with Gasteiger partial charge in [-0.25, -0.2) is 9.79 Å². The van der Waals surface area contributed by atoms with Crippen molar-refractivity contribution in [3.8, 4) is 0 Å². The Kier molecular flexibility index (Phi) is 3.41. The van der Waals surface area contributed by atoms with Crippen molar-refractivity contribution < 1.29 is 13.9 Å². The molecule has 0 radical (unpaired) electrons. The highest BCUT2D eigenvalue weighted by Crippen LogP contribution is 2.48. The zero-order valence-corrected chi connectivity index (χ0v) is 13.8. The third-order valence-corrected chi connectivity index (χ3v) is 5.10. The summed E-state index contributed by atoms with van der Waals surface area (Å²) in [4.78, 5) is 17.7. The summed E-state index contributed by atoms with van der Waals surface area (Å²) >= 11 is 0. The predicted octanol–water partition coefficient (Wildman–Crippen LogP) is 4.24. The fourth-order valence-corrected chi connectivity index (χ4v) is 3.62. The SMILES string of the molecule is CC1=C(C)C[C@@]2(N=C(c3ccccc3)OC2=O)[C@@H](c2ccco2)C1. The Labute approximate surface area is 140 Å². The lowest BCUT2D eigenvalue weighted by atomic mass is 9.70. The van der Waals surface area contributed by atoms with Gasteiger partial charge in [0.15, 0.2) is 5.54 Å². The number of nitrogens with zero attached hydrogens (tertiary/aromatic N) is 1. The summed E-state index contributed by atoms with van der Waals surface area (Å²) in [7, 11) is 0. The quantitative estimate of drug-likeness (QED) is 0.614. The van der Waals surface area contributed by atoms with Crippen LogP contribution < -0.4 is 0 Å². The van der Waals surface area contributed by atoms with Gasteiger partial charge >= 0.3 is 5.97 Å². The van der Waals surface area contributed by atoms with Crippen LogP contribution in [0.15, 0.2) is 69.3 Å². The lowest BCUT2D eigenvalue weighted by molar-refractivity contribution is -0.140. The fraction of sp³-hybridized carbons (Fsp3) is 0.300. The lowest BCUT2D eigenvalue weighted by Gasteiger charge is -2.35. The van der Waals surface area contributed by atoms with Crippen molar-refractivity contribution in [3.05, 3.63) is 71.2 Å². The van der Waals surface area contributed by atoms with Gasteiger partial charge in [0.05, 0.1) is 12.2 Å². The highest BCUT2D eigenvalue weighted by Gasteiger charge is 2.55. The van der Waals surface area contributed by atoms with Crippen LogP contribution in [0.25, 0.3) is 0 Å². The van der Waals surface area contributed by atoms with Crippen LogP contribution in [-0.4, -0.2) is 17.4 Å². The van der Waals surface area contributed by atoms with Crippen molar-refractivity contribution in [1.82, 2.24) is 0 Å². The Morgan fingerprint density at radius 1 is 1.08 bits per heavy atom. The van der Waals surface area contributed by atoms with Gasteiger partial charge in [-0.15, -0.1) is 0 Å². The van der Waals surface area contributed by atoms with Gasteiger partial charge in [-0.2, -0.15) is 0 Å². The number of ether oxygens (including phenoxy) is 1. The summed E-state index contributed by atoms with van der Waals surface area (Å²) in [6.45, 7) is 4.18. The van der Waals surface area contributed by atoms with Crippen LogP contribution in [0.1, 0.15) is 43.9 Å². The normalized spacial score (nSPS) is 26.7. The smallest absolute Gasteiger partial charge is 0.342 e. The zero-order valence-electron chi connectivity index (χ0n) is 13.8. The number of hydrogen-bond donors (Lipinski definition) is 0. The Hall–Kier alpha value is -2.62. The number of allylic oxidation sites excluding steroid dienone is 1. The van der Waals surface area contributed by atoms with Gasteiger partial charge in [-0.05, 0) is 44.5 Å². The van der Waals surface area contributed by atoms with E-state index in [0.717, 1.165) is 17.7 Å². The highest BCUT2D eigenvalue weighted by molar-refractivity contribution is 6.08. The third kappa shape index (κ3) is 2.21. The van der Waals surface area contributed by atoms with Gasteiger partial charge in [0.25, 0.3) is 0 Å². The molecule has 0 saturated carbocycles. The van der Waals surface area contributed by atoms with Crippen LogP contribution >= 0.6 is 0 Å². The van der Waals surface area contributed by atoms with Crippen LogP contribution in [0, 0.1) is 0 Å². The maximum absolute atomic E-state index is 12.9. The minimum absolute atomic E-state index is 0.134. The molecule has 0 N–H and O–H groups in total. The topological polar surface area (TPSA) is 51.8 Å². The molecule has 0 fully saturated rings. The van der Waals surface area contributed by atoms with E-state index in [-0.39, 0.29) is 11.9 Å². The molecule has 2 heterocycles. The summed E-state index contributed by atoms with van der Waals surface area (Å²) < 4.78 is 11.2. The molecule has 4 nitrogen and oxygen atoms in total. The summed E-state index contributed by atoms with van der Waals surface area (Å²) in [6, 6.07) is 13.3. The molecule has 0 amide bonds. The molecule has 4 rings (SSSR count). The Morgan fingerprint density at radius 2 is 1.88 bits per heavy atom. The Balaban J connectivity index is 1.84. The first-order valence-electron chi connectivity index (χ1n) is 8.16. The molecular weight excluding hydrogens is 302 g/mol. The van der Waals surface area contributed by atoms with E-state index in [2.05, 4.69) is 13.8 Å². The Bertz CT molecular complexity index is 833. The monoisotopic (exact) mass is 321 g/mol. The highest BCUT2D eigenvalue weighted by atomic mass is 16.6. The molecule has 2 aromatic rings. The molecule has 0 bridgehead atoms. The number of rotatable bonds is 2. The molecule has 0 saturated heterocycles. The van der Waals surface area contributed by atoms with Crippen molar-refractivity contribution in [1.29, 1.82) is 0 Å². The third-order valence-electron chi connectivity index (χ3n) is 5.10. The van der Waals surface area contributed by atoms with E-state index < -0.39 is 5.54 Å². The van der Waals surface area contributed by atoms with Crippen molar-refractivity contribution >= 4 is 11.9 Å². The van der Waals surface area contributed by atoms with Gasteiger partial charge in [0.1, 0.15) is 5.76 Å². The minimum Gasteiger partial charge on any atom is -0.469 e. The summed E-state index contributed by atoms with van der Waals surface area (Å²) in [5.41, 5.74) is 2.39. The molecule has 1 aromatic heterocycles. The predicted molar refractivity (Wildman–Crippen MR) is 90.9 cm³/mol. The molecule has 1 aromatic carbocycles. The van der Waals surface area contributed by atoms with E-state index in [1.165, 1.54) is 11.1 Å². The number of hydrogen-bond acceptors (Lipinski definition) is 4. The second-order valence-electron chi connectivity index (χ2n) is 6.61. The molecule has 0 unspecified atom stereocenters. The van der Waals surface area contributed by atoms with Gasteiger partial charge in [0.2, 0.25) is 5.90 Å². The van der Waals surface area contributed by atoms with Gasteiger partial charge < -0.3 is 9.15 Å². The lowest BCUT2D eigenvalue weighted by Crippen LogP contribution is -2.43. The van der Waals surface area contributed by atoms with Crippen LogP contribution in [0.4, 0.5) is 0 Å². The molecule has 1 aliphatic heterocycles.